The van der Waals surface area contributed by atoms with E-state index in [2.05, 4.69) is 6.92 Å². The lowest BCUT2D eigenvalue weighted by Crippen LogP contribution is -2.43. The average Bonchev–Trinajstić information content (AvgIpc) is 2.41. The first-order valence-corrected chi connectivity index (χ1v) is 4.02. The van der Waals surface area contributed by atoms with E-state index in [9.17, 15) is 4.79 Å². The second-order valence-corrected chi connectivity index (χ2v) is 3.77. The van der Waals surface area contributed by atoms with Crippen molar-refractivity contribution in [2.45, 2.75) is 31.9 Å². The van der Waals surface area contributed by atoms with Gasteiger partial charge in [0.1, 0.15) is 0 Å². The Hall–Kier alpha value is -0.570. The van der Waals surface area contributed by atoms with Crippen LogP contribution in [-0.4, -0.2) is 35.6 Å². The quantitative estimate of drug-likeness (QED) is 0.506. The summed E-state index contributed by atoms with van der Waals surface area (Å²) in [6, 6.07) is 0.359. The van der Waals surface area contributed by atoms with Gasteiger partial charge in [-0.25, -0.2) is 0 Å². The molecule has 2 aliphatic heterocycles. The highest BCUT2D eigenvalue weighted by molar-refractivity contribution is 5.74. The van der Waals surface area contributed by atoms with Gasteiger partial charge in [-0.05, 0) is 6.92 Å². The van der Waals surface area contributed by atoms with E-state index < -0.39 is 0 Å². The van der Waals surface area contributed by atoms with Crippen LogP contribution in [0.2, 0.25) is 0 Å². The average molecular weight is 155 g/mol. The molecule has 2 saturated heterocycles. The number of hydrogen-bond acceptors (Lipinski definition) is 2. The molecule has 11 heavy (non-hydrogen) atoms. The van der Waals surface area contributed by atoms with Gasteiger partial charge in [0.05, 0.1) is 18.2 Å². The van der Waals surface area contributed by atoms with Gasteiger partial charge in [0.2, 0.25) is 5.91 Å². The highest BCUT2D eigenvalue weighted by atomic mass is 16.5. The summed E-state index contributed by atoms with van der Waals surface area (Å²) in [6.45, 7) is 5.23. The predicted octanol–water partition coefficient (Wildman–Crippen LogP) is 0.396. The summed E-state index contributed by atoms with van der Waals surface area (Å²) in [5.74, 6) is 0.182. The molecule has 0 aromatic rings. The van der Waals surface area contributed by atoms with Gasteiger partial charge in [-0.15, -0.1) is 0 Å². The first-order valence-electron chi connectivity index (χ1n) is 4.02. The topological polar surface area (TPSA) is 29.5 Å². The second-order valence-electron chi connectivity index (χ2n) is 3.77. The van der Waals surface area contributed by atoms with E-state index in [-0.39, 0.29) is 11.5 Å². The van der Waals surface area contributed by atoms with Crippen LogP contribution in [-0.2, 0) is 9.53 Å². The molecule has 0 spiro atoms. The number of hydrogen-bond donors (Lipinski definition) is 0. The van der Waals surface area contributed by atoms with Gasteiger partial charge in [0, 0.05) is 19.9 Å². The molecule has 0 saturated carbocycles. The number of carbonyl (C=O) groups excluding carboxylic acids is 1. The third-order valence-corrected chi connectivity index (χ3v) is 2.64. The van der Waals surface area contributed by atoms with Gasteiger partial charge in [-0.1, -0.05) is 0 Å². The van der Waals surface area contributed by atoms with E-state index in [1.54, 1.807) is 6.92 Å². The Balaban J connectivity index is 2.16. The van der Waals surface area contributed by atoms with Crippen LogP contribution in [0.1, 0.15) is 20.3 Å². The maximum atomic E-state index is 11.0. The van der Waals surface area contributed by atoms with Crippen LogP contribution in [0.25, 0.3) is 0 Å². The molecule has 2 rings (SSSR count). The predicted molar refractivity (Wildman–Crippen MR) is 40.1 cm³/mol. The van der Waals surface area contributed by atoms with Crippen molar-refractivity contribution in [2.24, 2.45) is 0 Å². The third-order valence-electron chi connectivity index (χ3n) is 2.64. The van der Waals surface area contributed by atoms with E-state index in [1.807, 2.05) is 4.90 Å². The largest absolute Gasteiger partial charge is 0.371 e. The fourth-order valence-corrected chi connectivity index (χ4v) is 2.08. The smallest absolute Gasteiger partial charge is 0.219 e. The van der Waals surface area contributed by atoms with E-state index in [0.717, 1.165) is 19.6 Å². The minimum atomic E-state index is -0.0314. The number of rotatable bonds is 0. The maximum absolute atomic E-state index is 11.0. The molecule has 2 unspecified atom stereocenters. The third kappa shape index (κ3) is 0.948. The Labute approximate surface area is 66.3 Å². The lowest BCUT2D eigenvalue weighted by Gasteiger charge is -2.29. The second kappa shape index (κ2) is 1.97. The summed E-state index contributed by atoms with van der Waals surface area (Å²) < 4.78 is 5.53. The lowest BCUT2D eigenvalue weighted by atomic mass is 10.1. The van der Waals surface area contributed by atoms with Crippen LogP contribution >= 0.6 is 0 Å². The van der Waals surface area contributed by atoms with Gasteiger partial charge in [-0.2, -0.15) is 0 Å². The van der Waals surface area contributed by atoms with Gasteiger partial charge >= 0.3 is 0 Å². The van der Waals surface area contributed by atoms with Crippen molar-refractivity contribution in [1.29, 1.82) is 0 Å². The van der Waals surface area contributed by atoms with Crippen LogP contribution in [0, 0.1) is 0 Å². The fraction of sp³-hybridized carbons (Fsp3) is 0.875. The van der Waals surface area contributed by atoms with Crippen molar-refractivity contribution in [2.75, 3.05) is 13.2 Å². The molecule has 1 amide bonds. The van der Waals surface area contributed by atoms with E-state index in [0.29, 0.717) is 6.04 Å². The van der Waals surface area contributed by atoms with Crippen LogP contribution < -0.4 is 0 Å². The van der Waals surface area contributed by atoms with Gasteiger partial charge in [-0.3, -0.25) is 4.79 Å². The SMILES string of the molecule is CC(=O)N1CC2(C)CC1CO2. The molecule has 2 heterocycles. The molecule has 0 aromatic carbocycles. The number of carbonyl (C=O) groups is 1. The van der Waals surface area contributed by atoms with Crippen LogP contribution in [0.3, 0.4) is 0 Å². The van der Waals surface area contributed by atoms with E-state index in [1.165, 1.54) is 0 Å². The molecular formula is C8H13NO2. The zero-order chi connectivity index (χ0) is 8.06. The number of ether oxygens (including phenoxy) is 1. The Morgan fingerprint density at radius 2 is 2.45 bits per heavy atom. The Bertz CT molecular complexity index is 204. The van der Waals surface area contributed by atoms with Crippen LogP contribution in [0.5, 0.6) is 0 Å². The monoisotopic (exact) mass is 155 g/mol. The van der Waals surface area contributed by atoms with E-state index in [4.69, 9.17) is 4.74 Å². The van der Waals surface area contributed by atoms with Crippen molar-refractivity contribution in [3.05, 3.63) is 0 Å². The lowest BCUT2D eigenvalue weighted by molar-refractivity contribution is -0.135. The normalized spacial score (nSPS) is 41.6. The van der Waals surface area contributed by atoms with Gasteiger partial charge < -0.3 is 9.64 Å². The molecule has 0 radical (unpaired) electrons. The minimum absolute atomic E-state index is 0.0314. The molecule has 2 atom stereocenters. The summed E-state index contributed by atoms with van der Waals surface area (Å²) in [5.41, 5.74) is -0.0314. The van der Waals surface area contributed by atoms with Crippen molar-refractivity contribution in [1.82, 2.24) is 4.90 Å². The number of morpholine rings is 1. The number of fused-ring (bicyclic) bond motifs is 2. The standard InChI is InChI=1S/C8H13NO2/c1-6(10)9-5-8(2)3-7(9)4-11-8/h7H,3-5H2,1-2H3. The Morgan fingerprint density at radius 3 is 2.73 bits per heavy atom. The molecule has 0 aromatic heterocycles. The Morgan fingerprint density at radius 1 is 1.73 bits per heavy atom. The van der Waals surface area contributed by atoms with Crippen molar-refractivity contribution in [3.63, 3.8) is 0 Å². The molecule has 0 N–H and O–H groups in total. The maximum Gasteiger partial charge on any atom is 0.219 e. The summed E-state index contributed by atoms with van der Waals surface area (Å²) in [5, 5.41) is 0. The molecule has 2 aliphatic rings. The zero-order valence-electron chi connectivity index (χ0n) is 6.96. The number of amides is 1. The number of nitrogens with zero attached hydrogens (tertiary/aromatic N) is 1. The molecule has 2 bridgehead atoms. The zero-order valence-corrected chi connectivity index (χ0v) is 6.96. The molecular weight excluding hydrogens is 142 g/mol. The molecule has 3 heteroatoms. The van der Waals surface area contributed by atoms with Crippen LogP contribution in [0.4, 0.5) is 0 Å². The van der Waals surface area contributed by atoms with E-state index >= 15 is 0 Å². The van der Waals surface area contributed by atoms with Crippen molar-refractivity contribution in [3.8, 4) is 0 Å². The summed E-state index contributed by atoms with van der Waals surface area (Å²) in [4.78, 5) is 13.0. The summed E-state index contributed by atoms with van der Waals surface area (Å²) in [7, 11) is 0. The van der Waals surface area contributed by atoms with Crippen molar-refractivity contribution >= 4 is 5.91 Å². The van der Waals surface area contributed by atoms with Crippen LogP contribution in [0.15, 0.2) is 0 Å². The highest BCUT2D eigenvalue weighted by Gasteiger charge is 2.48. The molecule has 0 aliphatic carbocycles. The summed E-state index contributed by atoms with van der Waals surface area (Å²) in [6.07, 6.45) is 1.02. The van der Waals surface area contributed by atoms with Gasteiger partial charge in [0.15, 0.2) is 0 Å². The first-order chi connectivity index (χ1) is 5.11. The first kappa shape index (κ1) is 7.10. The Kier molecular flexibility index (Phi) is 1.27. The fourth-order valence-electron chi connectivity index (χ4n) is 2.08. The van der Waals surface area contributed by atoms with Crippen molar-refractivity contribution < 1.29 is 9.53 Å². The number of likely N-dealkylation sites (tertiary alicyclic amines) is 1. The molecule has 3 nitrogen and oxygen atoms in total. The van der Waals surface area contributed by atoms with Gasteiger partial charge in [0.25, 0.3) is 0 Å². The highest BCUT2D eigenvalue weighted by Crippen LogP contribution is 2.36. The molecule has 62 valence electrons. The minimum Gasteiger partial charge on any atom is -0.371 e. The summed E-state index contributed by atoms with van der Waals surface area (Å²) >= 11 is 0. The molecule has 2 fully saturated rings.